The molecule has 0 spiro atoms. The van der Waals surface area contributed by atoms with Crippen LogP contribution >= 0.6 is 11.3 Å². The van der Waals surface area contributed by atoms with E-state index in [1.165, 1.54) is 11.3 Å². The van der Waals surface area contributed by atoms with E-state index in [1.807, 2.05) is 11.0 Å². The molecule has 3 unspecified atom stereocenters. The number of thiophene rings is 1. The topological polar surface area (TPSA) is 41.6 Å². The first-order valence-corrected chi connectivity index (χ1v) is 8.39. The maximum Gasteiger partial charge on any atom is 0.241 e. The first kappa shape index (κ1) is 14.0. The number of ether oxygens (including phenoxy) is 1. The summed E-state index contributed by atoms with van der Waals surface area (Å²) in [5, 5.41) is 5.53. The van der Waals surface area contributed by atoms with Gasteiger partial charge in [0, 0.05) is 18.0 Å². The van der Waals surface area contributed by atoms with Crippen LogP contribution in [0.2, 0.25) is 0 Å². The first-order valence-electron chi connectivity index (χ1n) is 7.51. The van der Waals surface area contributed by atoms with Gasteiger partial charge in [-0.25, -0.2) is 0 Å². The third-order valence-electron chi connectivity index (χ3n) is 4.15. The summed E-state index contributed by atoms with van der Waals surface area (Å²) in [5.74, 6) is 0.222. The van der Waals surface area contributed by atoms with Gasteiger partial charge in [-0.1, -0.05) is 13.0 Å². The van der Waals surface area contributed by atoms with Crippen molar-refractivity contribution in [2.75, 3.05) is 13.2 Å². The van der Waals surface area contributed by atoms with E-state index in [0.717, 1.165) is 25.9 Å². The first-order chi connectivity index (χ1) is 9.79. The highest BCUT2D eigenvalue weighted by atomic mass is 32.1. The molecule has 20 heavy (non-hydrogen) atoms. The van der Waals surface area contributed by atoms with E-state index in [1.54, 1.807) is 11.3 Å². The third-order valence-corrected chi connectivity index (χ3v) is 5.07. The highest BCUT2D eigenvalue weighted by molar-refractivity contribution is 7.10. The smallest absolute Gasteiger partial charge is 0.241 e. The van der Waals surface area contributed by atoms with Crippen molar-refractivity contribution in [3.05, 3.63) is 22.4 Å². The standard InChI is InChI=1S/C15H22N2O2S/c1-2-12-15(18)17(10-11-6-3-4-8-19-11)14(16-12)13-7-5-9-20-13/h5,7,9,11-12,14,16H,2-4,6,8,10H2,1H3. The van der Waals surface area contributed by atoms with E-state index in [-0.39, 0.29) is 24.2 Å². The van der Waals surface area contributed by atoms with E-state index in [0.29, 0.717) is 6.54 Å². The molecule has 0 saturated carbocycles. The Morgan fingerprint density at radius 2 is 2.40 bits per heavy atom. The number of hydrogen-bond donors (Lipinski definition) is 1. The number of carbonyl (C=O) groups excluding carboxylic acids is 1. The molecule has 5 heteroatoms. The van der Waals surface area contributed by atoms with E-state index in [9.17, 15) is 4.79 Å². The summed E-state index contributed by atoms with van der Waals surface area (Å²) in [7, 11) is 0. The molecule has 3 heterocycles. The van der Waals surface area contributed by atoms with Crippen LogP contribution in [-0.4, -0.2) is 36.1 Å². The predicted octanol–water partition coefficient (Wildman–Crippen LogP) is 2.53. The summed E-state index contributed by atoms with van der Waals surface area (Å²) in [5.41, 5.74) is 0. The van der Waals surface area contributed by atoms with Crippen molar-refractivity contribution >= 4 is 17.2 Å². The van der Waals surface area contributed by atoms with Gasteiger partial charge in [-0.2, -0.15) is 0 Å². The molecule has 1 aromatic rings. The Morgan fingerprint density at radius 1 is 1.50 bits per heavy atom. The fourth-order valence-electron chi connectivity index (χ4n) is 3.02. The number of hydrogen-bond acceptors (Lipinski definition) is 4. The summed E-state index contributed by atoms with van der Waals surface area (Å²) in [6.45, 7) is 3.60. The molecule has 0 radical (unpaired) electrons. The summed E-state index contributed by atoms with van der Waals surface area (Å²) in [6.07, 6.45) is 4.49. The highest BCUT2D eigenvalue weighted by Gasteiger charge is 2.40. The molecule has 2 saturated heterocycles. The molecule has 1 amide bonds. The number of nitrogens with one attached hydrogen (secondary N) is 1. The van der Waals surface area contributed by atoms with Gasteiger partial charge in [0.1, 0.15) is 6.17 Å². The van der Waals surface area contributed by atoms with Crippen molar-refractivity contribution in [3.63, 3.8) is 0 Å². The number of amides is 1. The maximum atomic E-state index is 12.5. The van der Waals surface area contributed by atoms with Gasteiger partial charge in [0.15, 0.2) is 0 Å². The lowest BCUT2D eigenvalue weighted by Crippen LogP contribution is -2.39. The second-order valence-electron chi connectivity index (χ2n) is 5.52. The lowest BCUT2D eigenvalue weighted by Gasteiger charge is -2.30. The largest absolute Gasteiger partial charge is 0.376 e. The second kappa shape index (κ2) is 6.24. The molecule has 1 N–H and O–H groups in total. The Labute approximate surface area is 124 Å². The van der Waals surface area contributed by atoms with E-state index >= 15 is 0 Å². The van der Waals surface area contributed by atoms with Crippen LogP contribution in [0.5, 0.6) is 0 Å². The molecule has 2 aliphatic heterocycles. The second-order valence-corrected chi connectivity index (χ2v) is 6.50. The molecular formula is C15H22N2O2S. The quantitative estimate of drug-likeness (QED) is 0.928. The van der Waals surface area contributed by atoms with Crippen LogP contribution < -0.4 is 5.32 Å². The molecule has 4 nitrogen and oxygen atoms in total. The fourth-order valence-corrected chi connectivity index (χ4v) is 3.82. The molecule has 0 aromatic carbocycles. The van der Waals surface area contributed by atoms with Gasteiger partial charge in [0.05, 0.1) is 12.1 Å². The van der Waals surface area contributed by atoms with Crippen LogP contribution in [-0.2, 0) is 9.53 Å². The normalized spacial score (nSPS) is 30.9. The van der Waals surface area contributed by atoms with E-state index in [4.69, 9.17) is 4.74 Å². The van der Waals surface area contributed by atoms with Crippen molar-refractivity contribution < 1.29 is 9.53 Å². The van der Waals surface area contributed by atoms with Gasteiger partial charge in [-0.15, -0.1) is 11.3 Å². The van der Waals surface area contributed by atoms with Crippen LogP contribution in [0.3, 0.4) is 0 Å². The monoisotopic (exact) mass is 294 g/mol. The lowest BCUT2D eigenvalue weighted by molar-refractivity contribution is -0.132. The summed E-state index contributed by atoms with van der Waals surface area (Å²) < 4.78 is 5.80. The summed E-state index contributed by atoms with van der Waals surface area (Å²) in [4.78, 5) is 15.7. The van der Waals surface area contributed by atoms with Gasteiger partial charge < -0.3 is 9.64 Å². The van der Waals surface area contributed by atoms with Crippen LogP contribution in [0.1, 0.15) is 43.6 Å². The minimum atomic E-state index is -0.0503. The van der Waals surface area contributed by atoms with Gasteiger partial charge in [-0.05, 0) is 37.1 Å². The fraction of sp³-hybridized carbons (Fsp3) is 0.667. The highest BCUT2D eigenvalue weighted by Crippen LogP contribution is 2.30. The average molecular weight is 294 g/mol. The Hall–Kier alpha value is -0.910. The Bertz CT molecular complexity index is 443. The van der Waals surface area contributed by atoms with Crippen molar-refractivity contribution in [1.82, 2.24) is 10.2 Å². The van der Waals surface area contributed by atoms with Crippen LogP contribution in [0.25, 0.3) is 0 Å². The molecule has 0 bridgehead atoms. The summed E-state index contributed by atoms with van der Waals surface area (Å²) >= 11 is 1.70. The van der Waals surface area contributed by atoms with E-state index in [2.05, 4.69) is 23.7 Å². The van der Waals surface area contributed by atoms with Gasteiger partial charge >= 0.3 is 0 Å². The molecule has 3 rings (SSSR count). The number of carbonyl (C=O) groups is 1. The van der Waals surface area contributed by atoms with Crippen LogP contribution in [0.15, 0.2) is 17.5 Å². The Balaban J connectivity index is 1.75. The molecule has 2 fully saturated rings. The summed E-state index contributed by atoms with van der Waals surface area (Å²) in [6, 6.07) is 4.09. The van der Waals surface area contributed by atoms with Gasteiger partial charge in [0.2, 0.25) is 5.91 Å². The zero-order valence-corrected chi connectivity index (χ0v) is 12.7. The minimum absolute atomic E-state index is 0.0259. The third kappa shape index (κ3) is 2.75. The van der Waals surface area contributed by atoms with Crippen molar-refractivity contribution in [2.24, 2.45) is 0 Å². The molecule has 2 aliphatic rings. The van der Waals surface area contributed by atoms with Crippen molar-refractivity contribution in [1.29, 1.82) is 0 Å². The Kier molecular flexibility index (Phi) is 4.38. The van der Waals surface area contributed by atoms with Crippen LogP contribution in [0.4, 0.5) is 0 Å². The van der Waals surface area contributed by atoms with Crippen LogP contribution in [0, 0.1) is 0 Å². The SMILES string of the molecule is CCC1NC(c2cccs2)N(CC2CCCCO2)C1=O. The number of nitrogens with zero attached hydrogens (tertiary/aromatic N) is 1. The lowest BCUT2D eigenvalue weighted by atomic mass is 10.1. The molecule has 110 valence electrons. The van der Waals surface area contributed by atoms with Gasteiger partial charge in [-0.3, -0.25) is 10.1 Å². The molecule has 0 aliphatic carbocycles. The van der Waals surface area contributed by atoms with Crippen molar-refractivity contribution in [2.45, 2.75) is 50.9 Å². The maximum absolute atomic E-state index is 12.5. The number of rotatable bonds is 4. The van der Waals surface area contributed by atoms with Gasteiger partial charge in [0.25, 0.3) is 0 Å². The molecular weight excluding hydrogens is 272 g/mol. The van der Waals surface area contributed by atoms with E-state index < -0.39 is 0 Å². The molecule has 3 atom stereocenters. The zero-order valence-electron chi connectivity index (χ0n) is 11.9. The molecule has 1 aromatic heterocycles. The minimum Gasteiger partial charge on any atom is -0.376 e. The van der Waals surface area contributed by atoms with Crippen molar-refractivity contribution in [3.8, 4) is 0 Å². The zero-order chi connectivity index (χ0) is 13.9. The average Bonchev–Trinajstić information content (AvgIpc) is 3.10. The Morgan fingerprint density at radius 3 is 3.05 bits per heavy atom. The predicted molar refractivity (Wildman–Crippen MR) is 79.6 cm³/mol.